The maximum Gasteiger partial charge on any atom is 0.255 e. The van der Waals surface area contributed by atoms with Gasteiger partial charge in [0.15, 0.2) is 0 Å². The molecule has 2 rings (SSSR count). The first-order chi connectivity index (χ1) is 12.9. The Morgan fingerprint density at radius 3 is 2.33 bits per heavy atom. The molecule has 6 nitrogen and oxygen atoms in total. The van der Waals surface area contributed by atoms with Crippen LogP contribution in [-0.2, 0) is 10.0 Å². The van der Waals surface area contributed by atoms with Crippen LogP contribution in [-0.4, -0.2) is 27.0 Å². The lowest BCUT2D eigenvalue weighted by Gasteiger charge is -2.13. The summed E-state index contributed by atoms with van der Waals surface area (Å²) in [6, 6.07) is 12.8. The Bertz CT molecular complexity index is 875. The van der Waals surface area contributed by atoms with Gasteiger partial charge in [-0.3, -0.25) is 4.79 Å². The second kappa shape index (κ2) is 9.34. The topological polar surface area (TPSA) is 84.5 Å². The van der Waals surface area contributed by atoms with Crippen LogP contribution in [0.15, 0.2) is 66.1 Å². The molecule has 0 bridgehead atoms. The molecule has 2 N–H and O–H groups in total. The highest BCUT2D eigenvalue weighted by Crippen LogP contribution is 2.17. The van der Waals surface area contributed by atoms with Crippen LogP contribution in [0.4, 0.5) is 5.69 Å². The van der Waals surface area contributed by atoms with E-state index in [0.717, 1.165) is 6.42 Å². The Balaban J connectivity index is 2.02. The zero-order valence-electron chi connectivity index (χ0n) is 15.4. The Labute approximate surface area is 160 Å². The van der Waals surface area contributed by atoms with Crippen molar-refractivity contribution in [2.75, 3.05) is 11.9 Å². The first-order valence-corrected chi connectivity index (χ1v) is 10.1. The van der Waals surface area contributed by atoms with Crippen molar-refractivity contribution < 1.29 is 17.9 Å². The number of hydrogen-bond donors (Lipinski definition) is 2. The zero-order valence-corrected chi connectivity index (χ0v) is 16.3. The van der Waals surface area contributed by atoms with E-state index in [-0.39, 0.29) is 23.5 Å². The molecule has 0 radical (unpaired) electrons. The van der Waals surface area contributed by atoms with Crippen molar-refractivity contribution in [3.05, 3.63) is 66.7 Å². The van der Waals surface area contributed by atoms with E-state index in [1.807, 2.05) is 13.8 Å². The number of hydrogen-bond acceptors (Lipinski definition) is 4. The molecule has 7 heteroatoms. The number of rotatable bonds is 9. The summed E-state index contributed by atoms with van der Waals surface area (Å²) in [5, 5.41) is 2.74. The number of benzene rings is 2. The minimum Gasteiger partial charge on any atom is -0.491 e. The van der Waals surface area contributed by atoms with E-state index < -0.39 is 10.0 Å². The average molecular weight is 388 g/mol. The number of nitrogens with one attached hydrogen (secondary N) is 2. The highest BCUT2D eigenvalue weighted by atomic mass is 32.2. The summed E-state index contributed by atoms with van der Waals surface area (Å²) < 4.78 is 32.1. The molecule has 0 saturated carbocycles. The van der Waals surface area contributed by atoms with Crippen LogP contribution >= 0.6 is 0 Å². The Hall–Kier alpha value is -2.64. The molecule has 0 fully saturated rings. The molecule has 1 unspecified atom stereocenters. The number of ether oxygens (including phenoxy) is 1. The molecule has 0 aliphatic carbocycles. The van der Waals surface area contributed by atoms with Gasteiger partial charge >= 0.3 is 0 Å². The molecular weight excluding hydrogens is 364 g/mol. The van der Waals surface area contributed by atoms with Gasteiger partial charge in [0.25, 0.3) is 5.91 Å². The van der Waals surface area contributed by atoms with E-state index in [0.29, 0.717) is 17.0 Å². The van der Waals surface area contributed by atoms with Gasteiger partial charge < -0.3 is 10.1 Å². The van der Waals surface area contributed by atoms with E-state index in [1.54, 1.807) is 36.4 Å². The molecule has 0 aliphatic heterocycles. The first-order valence-electron chi connectivity index (χ1n) is 8.64. The Morgan fingerprint density at radius 1 is 1.15 bits per heavy atom. The molecule has 2 aromatic rings. The fourth-order valence-corrected chi connectivity index (χ4v) is 3.17. The van der Waals surface area contributed by atoms with Gasteiger partial charge in [-0.15, -0.1) is 6.58 Å². The largest absolute Gasteiger partial charge is 0.491 e. The van der Waals surface area contributed by atoms with E-state index in [9.17, 15) is 13.2 Å². The predicted octanol–water partition coefficient (Wildman–Crippen LogP) is 3.58. The van der Waals surface area contributed by atoms with E-state index in [4.69, 9.17) is 4.74 Å². The number of carbonyl (C=O) groups excluding carboxylic acids is 1. The van der Waals surface area contributed by atoms with Gasteiger partial charge in [0.2, 0.25) is 10.0 Å². The van der Waals surface area contributed by atoms with E-state index in [1.165, 1.54) is 18.2 Å². The van der Waals surface area contributed by atoms with Crippen LogP contribution in [0, 0.1) is 0 Å². The lowest BCUT2D eigenvalue weighted by Crippen LogP contribution is -2.23. The SMILES string of the molecule is C=CCNS(=O)(=O)c1ccc(NC(=O)c2ccc(OC(C)CC)cc2)cc1. The minimum atomic E-state index is -3.58. The van der Waals surface area contributed by atoms with Crippen molar-refractivity contribution in [1.29, 1.82) is 0 Å². The third-order valence-corrected chi connectivity index (χ3v) is 5.31. The fourth-order valence-electron chi connectivity index (χ4n) is 2.17. The van der Waals surface area contributed by atoms with Gasteiger partial charge in [-0.25, -0.2) is 13.1 Å². The monoisotopic (exact) mass is 388 g/mol. The maximum absolute atomic E-state index is 12.3. The summed E-state index contributed by atoms with van der Waals surface area (Å²) in [6.07, 6.45) is 2.48. The minimum absolute atomic E-state index is 0.112. The van der Waals surface area contributed by atoms with Crippen molar-refractivity contribution in [2.24, 2.45) is 0 Å². The van der Waals surface area contributed by atoms with Crippen molar-refractivity contribution in [3.63, 3.8) is 0 Å². The molecule has 2 aromatic carbocycles. The first kappa shape index (κ1) is 20.7. The summed E-state index contributed by atoms with van der Waals surface area (Å²) in [6.45, 7) is 7.65. The van der Waals surface area contributed by atoms with E-state index >= 15 is 0 Å². The zero-order chi connectivity index (χ0) is 19.9. The van der Waals surface area contributed by atoms with Gasteiger partial charge in [-0.2, -0.15) is 0 Å². The molecule has 1 atom stereocenters. The molecule has 0 heterocycles. The molecule has 27 heavy (non-hydrogen) atoms. The second-order valence-electron chi connectivity index (χ2n) is 5.98. The molecule has 0 aliphatic rings. The van der Waals surface area contributed by atoms with Crippen LogP contribution < -0.4 is 14.8 Å². The summed E-state index contributed by atoms with van der Waals surface area (Å²) in [5.41, 5.74) is 0.985. The summed E-state index contributed by atoms with van der Waals surface area (Å²) in [5.74, 6) is 0.424. The summed E-state index contributed by atoms with van der Waals surface area (Å²) >= 11 is 0. The Kier molecular flexibility index (Phi) is 7.15. The number of sulfonamides is 1. The normalized spacial score (nSPS) is 12.2. The van der Waals surface area contributed by atoms with Crippen molar-refractivity contribution in [1.82, 2.24) is 4.72 Å². The smallest absolute Gasteiger partial charge is 0.255 e. The summed E-state index contributed by atoms with van der Waals surface area (Å²) in [4.78, 5) is 12.5. The molecule has 144 valence electrons. The van der Waals surface area contributed by atoms with Crippen LogP contribution in [0.1, 0.15) is 30.6 Å². The van der Waals surface area contributed by atoms with Gasteiger partial charge in [-0.05, 0) is 61.9 Å². The molecule has 0 spiro atoms. The van der Waals surface area contributed by atoms with Crippen LogP contribution in [0.25, 0.3) is 0 Å². The quantitative estimate of drug-likeness (QED) is 0.643. The van der Waals surface area contributed by atoms with Gasteiger partial charge in [-0.1, -0.05) is 13.0 Å². The van der Waals surface area contributed by atoms with Crippen molar-refractivity contribution in [2.45, 2.75) is 31.3 Å². The van der Waals surface area contributed by atoms with Crippen molar-refractivity contribution in [3.8, 4) is 5.75 Å². The molecule has 0 aromatic heterocycles. The number of carbonyl (C=O) groups is 1. The third-order valence-electron chi connectivity index (χ3n) is 3.87. The second-order valence-corrected chi connectivity index (χ2v) is 7.75. The maximum atomic E-state index is 12.3. The van der Waals surface area contributed by atoms with Gasteiger partial charge in [0.05, 0.1) is 11.0 Å². The average Bonchev–Trinajstić information content (AvgIpc) is 2.67. The third kappa shape index (κ3) is 5.94. The van der Waals surface area contributed by atoms with Gasteiger partial charge in [0.1, 0.15) is 5.75 Å². The standard InChI is InChI=1S/C20H24N2O4S/c1-4-14-21-27(24,25)19-12-8-17(9-13-19)22-20(23)16-6-10-18(11-7-16)26-15(3)5-2/h4,6-13,15,21H,1,5,14H2,2-3H3,(H,22,23). The number of anilines is 1. The predicted molar refractivity (Wildman–Crippen MR) is 107 cm³/mol. The lowest BCUT2D eigenvalue weighted by atomic mass is 10.2. The lowest BCUT2D eigenvalue weighted by molar-refractivity contribution is 0.102. The molecule has 1 amide bonds. The van der Waals surface area contributed by atoms with Crippen LogP contribution in [0.2, 0.25) is 0 Å². The number of amides is 1. The molecular formula is C20H24N2O4S. The van der Waals surface area contributed by atoms with E-state index in [2.05, 4.69) is 16.6 Å². The highest BCUT2D eigenvalue weighted by molar-refractivity contribution is 7.89. The van der Waals surface area contributed by atoms with Gasteiger partial charge in [0, 0.05) is 17.8 Å². The fraction of sp³-hybridized carbons (Fsp3) is 0.250. The van der Waals surface area contributed by atoms with Crippen LogP contribution in [0.5, 0.6) is 5.75 Å². The van der Waals surface area contributed by atoms with Crippen molar-refractivity contribution >= 4 is 21.6 Å². The molecule has 0 saturated heterocycles. The highest BCUT2D eigenvalue weighted by Gasteiger charge is 2.13. The summed E-state index contributed by atoms with van der Waals surface area (Å²) in [7, 11) is -3.58. The Morgan fingerprint density at radius 2 is 1.78 bits per heavy atom. The van der Waals surface area contributed by atoms with Crippen LogP contribution in [0.3, 0.4) is 0 Å².